The highest BCUT2D eigenvalue weighted by Gasteiger charge is 2.26. The number of carbonyl (C=O) groups is 1. The number of nitrogens with one attached hydrogen (secondary N) is 2. The van der Waals surface area contributed by atoms with Crippen LogP contribution in [0.1, 0.15) is 34.8 Å². The van der Waals surface area contributed by atoms with Crippen LogP contribution >= 0.6 is 0 Å². The van der Waals surface area contributed by atoms with Gasteiger partial charge in [0.25, 0.3) is 5.91 Å². The minimum atomic E-state index is -4.29. The van der Waals surface area contributed by atoms with Gasteiger partial charge in [-0.1, -0.05) is 24.3 Å². The maximum atomic E-state index is 12.8. The molecule has 2 aromatic heterocycles. The molecule has 2 heterocycles. The topological polar surface area (TPSA) is 80.5 Å². The van der Waals surface area contributed by atoms with E-state index in [9.17, 15) is 18.0 Å². The Morgan fingerprint density at radius 2 is 1.86 bits per heavy atom. The second kappa shape index (κ2) is 10.3. The van der Waals surface area contributed by atoms with Gasteiger partial charge in [0.1, 0.15) is 5.75 Å². The maximum absolute atomic E-state index is 12.8. The predicted octanol–water partition coefficient (Wildman–Crippen LogP) is 5.92. The maximum Gasteiger partial charge on any atom is 0.390 e. The van der Waals surface area contributed by atoms with Crippen molar-refractivity contribution in [1.82, 2.24) is 19.9 Å². The number of amides is 1. The van der Waals surface area contributed by atoms with E-state index in [-0.39, 0.29) is 18.3 Å². The van der Waals surface area contributed by atoms with Crippen molar-refractivity contribution in [2.24, 2.45) is 0 Å². The molecule has 188 valence electrons. The SMILES string of the molecule is CCNC(=O)c1ccc(-c2cnc3c(NCCC(F)(F)F)cc(Oc4ccccc4C)nn23)cc1C. The van der Waals surface area contributed by atoms with E-state index in [2.05, 4.69) is 20.7 Å². The summed E-state index contributed by atoms with van der Waals surface area (Å²) in [6, 6.07) is 14.3. The fraction of sp³-hybridized carbons (Fsp3) is 0.269. The predicted molar refractivity (Wildman–Crippen MR) is 132 cm³/mol. The van der Waals surface area contributed by atoms with Crippen molar-refractivity contribution >= 4 is 17.2 Å². The van der Waals surface area contributed by atoms with Crippen molar-refractivity contribution in [3.8, 4) is 22.9 Å². The minimum Gasteiger partial charge on any atom is -0.437 e. The van der Waals surface area contributed by atoms with Gasteiger partial charge in [0.15, 0.2) is 5.65 Å². The normalized spacial score (nSPS) is 11.5. The number of para-hydroxylation sites is 1. The van der Waals surface area contributed by atoms with E-state index in [4.69, 9.17) is 4.74 Å². The molecule has 0 spiro atoms. The van der Waals surface area contributed by atoms with Crippen molar-refractivity contribution in [2.45, 2.75) is 33.4 Å². The number of hydrogen-bond donors (Lipinski definition) is 2. The second-order valence-corrected chi connectivity index (χ2v) is 8.32. The number of anilines is 1. The highest BCUT2D eigenvalue weighted by Crippen LogP contribution is 2.31. The first kappa shape index (κ1) is 25.0. The standard InChI is InChI=1S/C26H26F3N5O2/c1-4-30-25(35)19-10-9-18(13-17(19)3)21-15-32-24-20(31-12-11-26(27,28)29)14-23(33-34(21)24)36-22-8-6-5-7-16(22)2/h5-10,13-15,31H,4,11-12H2,1-3H3,(H,30,35). The number of aromatic nitrogens is 3. The summed E-state index contributed by atoms with van der Waals surface area (Å²) in [5.41, 5.74) is 4.27. The van der Waals surface area contributed by atoms with E-state index in [1.165, 1.54) is 4.52 Å². The molecular formula is C26H26F3N5O2. The van der Waals surface area contributed by atoms with Crippen LogP contribution in [0.25, 0.3) is 16.9 Å². The Balaban J connectivity index is 1.76. The summed E-state index contributed by atoms with van der Waals surface area (Å²) >= 11 is 0. The third kappa shape index (κ3) is 5.59. The summed E-state index contributed by atoms with van der Waals surface area (Å²) in [4.78, 5) is 16.7. The number of aryl methyl sites for hydroxylation is 2. The van der Waals surface area contributed by atoms with E-state index in [0.29, 0.717) is 34.9 Å². The van der Waals surface area contributed by atoms with Crippen LogP contribution in [0, 0.1) is 13.8 Å². The molecule has 0 aliphatic carbocycles. The molecule has 4 aromatic rings. The molecular weight excluding hydrogens is 471 g/mol. The number of rotatable bonds is 8. The number of ether oxygens (including phenoxy) is 1. The van der Waals surface area contributed by atoms with Crippen molar-refractivity contribution in [2.75, 3.05) is 18.4 Å². The third-order valence-corrected chi connectivity index (χ3v) is 5.58. The summed E-state index contributed by atoms with van der Waals surface area (Å²) in [5, 5.41) is 10.2. The number of carbonyl (C=O) groups excluding carboxylic acids is 1. The van der Waals surface area contributed by atoms with Gasteiger partial charge in [0, 0.05) is 30.3 Å². The van der Waals surface area contributed by atoms with Crippen molar-refractivity contribution in [1.29, 1.82) is 0 Å². The number of hydrogen-bond acceptors (Lipinski definition) is 5. The monoisotopic (exact) mass is 497 g/mol. The lowest BCUT2D eigenvalue weighted by atomic mass is 10.0. The molecule has 2 N–H and O–H groups in total. The molecule has 0 aliphatic heterocycles. The van der Waals surface area contributed by atoms with E-state index in [1.807, 2.05) is 45.0 Å². The van der Waals surface area contributed by atoms with Crippen molar-refractivity contribution in [3.63, 3.8) is 0 Å². The highest BCUT2D eigenvalue weighted by atomic mass is 19.4. The Labute approximate surface area is 206 Å². The molecule has 0 aliphatic rings. The molecule has 2 aromatic carbocycles. The molecule has 4 rings (SSSR count). The first-order valence-electron chi connectivity index (χ1n) is 11.5. The number of imidazole rings is 1. The van der Waals surface area contributed by atoms with Gasteiger partial charge >= 0.3 is 6.18 Å². The number of fused-ring (bicyclic) bond motifs is 1. The number of benzene rings is 2. The minimum absolute atomic E-state index is 0.164. The fourth-order valence-electron chi connectivity index (χ4n) is 3.78. The number of alkyl halides is 3. The van der Waals surface area contributed by atoms with Crippen LogP contribution in [0.15, 0.2) is 54.7 Å². The Bertz CT molecular complexity index is 1400. The molecule has 7 nitrogen and oxygen atoms in total. The van der Waals surface area contributed by atoms with Gasteiger partial charge in [-0.2, -0.15) is 13.2 Å². The molecule has 0 bridgehead atoms. The summed E-state index contributed by atoms with van der Waals surface area (Å²) in [6.07, 6.45) is -3.69. The van der Waals surface area contributed by atoms with Crippen LogP contribution in [-0.2, 0) is 0 Å². The second-order valence-electron chi connectivity index (χ2n) is 8.32. The molecule has 0 unspecified atom stereocenters. The van der Waals surface area contributed by atoms with Crippen LogP contribution in [0.3, 0.4) is 0 Å². The largest absolute Gasteiger partial charge is 0.437 e. The lowest BCUT2D eigenvalue weighted by Gasteiger charge is -2.13. The Hall–Kier alpha value is -4.08. The van der Waals surface area contributed by atoms with Crippen LogP contribution in [0.4, 0.5) is 18.9 Å². The van der Waals surface area contributed by atoms with Gasteiger partial charge in [-0.25, -0.2) is 9.50 Å². The van der Waals surface area contributed by atoms with Gasteiger partial charge in [-0.05, 0) is 50.1 Å². The summed E-state index contributed by atoms with van der Waals surface area (Å²) < 4.78 is 45.8. The van der Waals surface area contributed by atoms with Crippen molar-refractivity contribution in [3.05, 3.63) is 71.4 Å². The highest BCUT2D eigenvalue weighted by molar-refractivity contribution is 5.96. The quantitative estimate of drug-likeness (QED) is 0.316. The Morgan fingerprint density at radius 3 is 2.56 bits per heavy atom. The lowest BCUT2D eigenvalue weighted by Crippen LogP contribution is -2.23. The summed E-state index contributed by atoms with van der Waals surface area (Å²) in [6.45, 7) is 5.77. The third-order valence-electron chi connectivity index (χ3n) is 5.58. The molecule has 1 amide bonds. The van der Waals surface area contributed by atoms with Crippen LogP contribution < -0.4 is 15.4 Å². The zero-order chi connectivity index (χ0) is 25.9. The van der Waals surface area contributed by atoms with E-state index >= 15 is 0 Å². The number of halogens is 3. The number of nitrogens with zero attached hydrogens (tertiary/aromatic N) is 3. The molecule has 0 fully saturated rings. The van der Waals surface area contributed by atoms with Crippen LogP contribution in [0.5, 0.6) is 11.6 Å². The first-order chi connectivity index (χ1) is 17.2. The molecule has 0 saturated heterocycles. The van der Waals surface area contributed by atoms with Crippen LogP contribution in [0.2, 0.25) is 0 Å². The van der Waals surface area contributed by atoms with Crippen molar-refractivity contribution < 1.29 is 22.7 Å². The molecule has 36 heavy (non-hydrogen) atoms. The average molecular weight is 498 g/mol. The van der Waals surface area contributed by atoms with E-state index in [0.717, 1.165) is 16.7 Å². The molecule has 0 atom stereocenters. The van der Waals surface area contributed by atoms with Gasteiger partial charge in [-0.3, -0.25) is 4.79 Å². The van der Waals surface area contributed by atoms with Gasteiger partial charge < -0.3 is 15.4 Å². The van der Waals surface area contributed by atoms with E-state index in [1.54, 1.807) is 30.5 Å². The van der Waals surface area contributed by atoms with Gasteiger partial charge in [0.2, 0.25) is 5.88 Å². The summed E-state index contributed by atoms with van der Waals surface area (Å²) in [5.74, 6) is 0.610. The zero-order valence-corrected chi connectivity index (χ0v) is 20.1. The molecule has 10 heteroatoms. The smallest absolute Gasteiger partial charge is 0.390 e. The molecule has 0 saturated carbocycles. The van der Waals surface area contributed by atoms with Gasteiger partial charge in [-0.15, -0.1) is 5.10 Å². The Morgan fingerprint density at radius 1 is 1.08 bits per heavy atom. The zero-order valence-electron chi connectivity index (χ0n) is 20.1. The Kier molecular flexibility index (Phi) is 7.14. The summed E-state index contributed by atoms with van der Waals surface area (Å²) in [7, 11) is 0. The first-order valence-corrected chi connectivity index (χ1v) is 11.5. The average Bonchev–Trinajstić information content (AvgIpc) is 3.24. The molecule has 0 radical (unpaired) electrons. The lowest BCUT2D eigenvalue weighted by molar-refractivity contribution is -0.131. The fourth-order valence-corrected chi connectivity index (χ4v) is 3.78. The van der Waals surface area contributed by atoms with Crippen LogP contribution in [-0.4, -0.2) is 39.8 Å². The van der Waals surface area contributed by atoms with Gasteiger partial charge in [0.05, 0.1) is 24.0 Å². The van der Waals surface area contributed by atoms with E-state index < -0.39 is 12.6 Å².